The van der Waals surface area contributed by atoms with Crippen LogP contribution in [0.1, 0.15) is 71.6 Å². The quantitative estimate of drug-likeness (QED) is 0.524. The highest BCUT2D eigenvalue weighted by atomic mass is 16.8. The smallest absolute Gasteiger partial charge is 0.195 e. The van der Waals surface area contributed by atoms with E-state index in [9.17, 15) is 9.90 Å². The third-order valence-electron chi connectivity index (χ3n) is 11.3. The van der Waals surface area contributed by atoms with E-state index in [0.717, 1.165) is 19.4 Å². The first-order valence-electron chi connectivity index (χ1n) is 14.7. The van der Waals surface area contributed by atoms with Gasteiger partial charge in [-0.05, 0) is 63.2 Å². The molecule has 2 saturated carbocycles. The summed E-state index contributed by atoms with van der Waals surface area (Å²) in [5, 5.41) is 14.6. The van der Waals surface area contributed by atoms with Crippen LogP contribution in [0.5, 0.6) is 0 Å². The number of fused-ring (bicyclic) bond motifs is 9. The number of para-hydroxylation sites is 1. The van der Waals surface area contributed by atoms with E-state index >= 15 is 0 Å². The van der Waals surface area contributed by atoms with Crippen LogP contribution in [0.15, 0.2) is 48.6 Å². The Hall–Kier alpha value is -2.25. The molecule has 6 nitrogen and oxygen atoms in total. The van der Waals surface area contributed by atoms with Gasteiger partial charge in [-0.15, -0.1) is 6.58 Å². The lowest BCUT2D eigenvalue weighted by Crippen LogP contribution is -2.75. The second-order valence-electron chi connectivity index (χ2n) is 13.5. The van der Waals surface area contributed by atoms with Crippen LogP contribution in [0.2, 0.25) is 0 Å². The molecule has 7 atom stereocenters. The van der Waals surface area contributed by atoms with Crippen molar-refractivity contribution in [2.45, 2.75) is 108 Å². The molecule has 39 heavy (non-hydrogen) atoms. The Labute approximate surface area is 231 Å². The van der Waals surface area contributed by atoms with E-state index in [4.69, 9.17) is 14.2 Å². The van der Waals surface area contributed by atoms with E-state index in [0.29, 0.717) is 37.4 Å². The molecule has 2 bridgehead atoms. The van der Waals surface area contributed by atoms with Crippen molar-refractivity contribution in [3.63, 3.8) is 0 Å². The predicted octanol–water partition coefficient (Wildman–Crippen LogP) is 5.39. The van der Waals surface area contributed by atoms with Gasteiger partial charge < -0.3 is 23.9 Å². The fourth-order valence-corrected chi connectivity index (χ4v) is 9.52. The number of aliphatic hydroxyl groups is 1. The lowest BCUT2D eigenvalue weighted by Gasteiger charge is -2.67. The maximum absolute atomic E-state index is 13.5. The van der Waals surface area contributed by atoms with Crippen LogP contribution < -0.4 is 0 Å². The van der Waals surface area contributed by atoms with Crippen molar-refractivity contribution in [2.24, 2.45) is 11.3 Å². The summed E-state index contributed by atoms with van der Waals surface area (Å²) in [5.74, 6) is -0.964. The molecule has 6 heteroatoms. The molecule has 2 aromatic rings. The number of aromatic nitrogens is 1. The van der Waals surface area contributed by atoms with Gasteiger partial charge in [0.15, 0.2) is 17.7 Å². The standard InChI is InChI=1S/C33H41NO5/c1-7-15-34-23-12-10-9-11-21(23)22-17-20-18-26(37-16-8-2)33(36)25-19-24(35)28-29(3,4)39-32(25,38-28)14-13-30(33,5)31(20,6)27(22)34/h8-12,19-20,26,28,36H,2,7,13-18H2,1,3-6H3/t20-,26+,28+,30-,31-,32?,33+/m1/s1. The van der Waals surface area contributed by atoms with Gasteiger partial charge in [-0.3, -0.25) is 4.79 Å². The number of nitrogens with zero attached hydrogens (tertiary/aromatic N) is 1. The van der Waals surface area contributed by atoms with Gasteiger partial charge in [0.2, 0.25) is 0 Å². The molecular weight excluding hydrogens is 490 g/mol. The van der Waals surface area contributed by atoms with Crippen molar-refractivity contribution >= 4 is 16.7 Å². The molecule has 0 amide bonds. The van der Waals surface area contributed by atoms with Gasteiger partial charge in [0.05, 0.1) is 12.7 Å². The van der Waals surface area contributed by atoms with E-state index in [1.165, 1.54) is 22.2 Å². The molecule has 1 unspecified atom stereocenters. The SMILES string of the molecule is C=CCO[C@H]1C[C@H]2Cc3c(n(CCC)c4ccccc34)[C@]2(C)[C@@]2(C)CCC34O[C@@H](C(=O)C=C3[C@]12O)C(C)(C)O4. The van der Waals surface area contributed by atoms with E-state index in [2.05, 4.69) is 56.2 Å². The number of aryl methyl sites for hydroxylation is 1. The van der Waals surface area contributed by atoms with E-state index in [1.807, 2.05) is 13.8 Å². The number of ether oxygens (including phenoxy) is 3. The van der Waals surface area contributed by atoms with Crippen LogP contribution in [0.3, 0.4) is 0 Å². The first kappa shape index (κ1) is 25.7. The Bertz CT molecular complexity index is 1440. The lowest BCUT2D eigenvalue weighted by molar-refractivity contribution is -0.279. The molecule has 1 saturated heterocycles. The third kappa shape index (κ3) is 2.84. The normalized spacial score (nSPS) is 41.5. The third-order valence-corrected chi connectivity index (χ3v) is 11.3. The first-order chi connectivity index (χ1) is 18.5. The zero-order chi connectivity index (χ0) is 27.6. The minimum Gasteiger partial charge on any atom is -0.382 e. The molecule has 1 N–H and O–H groups in total. The number of carbonyl (C=O) groups excluding carboxylic acids is 1. The Morgan fingerprint density at radius 1 is 1.21 bits per heavy atom. The predicted molar refractivity (Wildman–Crippen MR) is 149 cm³/mol. The van der Waals surface area contributed by atoms with Crippen LogP contribution in [0.25, 0.3) is 10.9 Å². The number of benzene rings is 1. The molecule has 7 rings (SSSR count). The zero-order valence-electron chi connectivity index (χ0n) is 23.9. The monoisotopic (exact) mass is 531 g/mol. The molecular formula is C33H41NO5. The molecule has 1 aromatic heterocycles. The number of hydrogen-bond donors (Lipinski definition) is 1. The largest absolute Gasteiger partial charge is 0.382 e. The average molecular weight is 532 g/mol. The average Bonchev–Trinajstić information content (AvgIpc) is 3.46. The Balaban J connectivity index is 1.48. The molecule has 208 valence electrons. The van der Waals surface area contributed by atoms with E-state index in [-0.39, 0.29) is 11.2 Å². The molecule has 3 aliphatic carbocycles. The lowest BCUT2D eigenvalue weighted by atomic mass is 9.41. The Morgan fingerprint density at radius 3 is 2.72 bits per heavy atom. The molecule has 2 aliphatic heterocycles. The van der Waals surface area contributed by atoms with Gasteiger partial charge >= 0.3 is 0 Å². The molecule has 3 fully saturated rings. The van der Waals surface area contributed by atoms with Crippen molar-refractivity contribution in [3.8, 4) is 0 Å². The van der Waals surface area contributed by atoms with E-state index in [1.54, 1.807) is 12.2 Å². The van der Waals surface area contributed by atoms with Gasteiger partial charge in [0, 0.05) is 46.0 Å². The van der Waals surface area contributed by atoms with Gasteiger partial charge in [0.25, 0.3) is 0 Å². The second-order valence-corrected chi connectivity index (χ2v) is 13.5. The Morgan fingerprint density at radius 2 is 1.97 bits per heavy atom. The molecule has 1 aromatic carbocycles. The van der Waals surface area contributed by atoms with Gasteiger partial charge in [-0.25, -0.2) is 0 Å². The summed E-state index contributed by atoms with van der Waals surface area (Å²) in [6, 6.07) is 8.74. The summed E-state index contributed by atoms with van der Waals surface area (Å²) >= 11 is 0. The summed E-state index contributed by atoms with van der Waals surface area (Å²) in [6.07, 6.45) is 6.15. The van der Waals surface area contributed by atoms with Crippen LogP contribution >= 0.6 is 0 Å². The number of hydrogen-bond acceptors (Lipinski definition) is 5. The summed E-state index contributed by atoms with van der Waals surface area (Å²) in [6.45, 7) is 15.8. The van der Waals surface area contributed by atoms with Gasteiger partial charge in [-0.2, -0.15) is 0 Å². The molecule has 0 radical (unpaired) electrons. The second kappa shape index (κ2) is 7.94. The molecule has 5 aliphatic rings. The molecule has 1 spiro atoms. The fourth-order valence-electron chi connectivity index (χ4n) is 9.52. The van der Waals surface area contributed by atoms with Crippen molar-refractivity contribution < 1.29 is 24.1 Å². The summed E-state index contributed by atoms with van der Waals surface area (Å²) in [5.41, 5.74) is 1.36. The summed E-state index contributed by atoms with van der Waals surface area (Å²) < 4.78 is 22.1. The van der Waals surface area contributed by atoms with Crippen LogP contribution in [-0.4, -0.2) is 51.3 Å². The topological polar surface area (TPSA) is 69.9 Å². The highest BCUT2D eigenvalue weighted by molar-refractivity contribution is 5.97. The van der Waals surface area contributed by atoms with Crippen LogP contribution in [-0.2, 0) is 37.4 Å². The van der Waals surface area contributed by atoms with Crippen molar-refractivity contribution in [1.82, 2.24) is 4.57 Å². The highest BCUT2D eigenvalue weighted by Crippen LogP contribution is 2.72. The number of carbonyl (C=O) groups is 1. The van der Waals surface area contributed by atoms with E-state index < -0.39 is 34.6 Å². The maximum Gasteiger partial charge on any atom is 0.195 e. The minimum absolute atomic E-state index is 0.136. The van der Waals surface area contributed by atoms with Crippen molar-refractivity contribution in [1.29, 1.82) is 0 Å². The summed E-state index contributed by atoms with van der Waals surface area (Å²) in [7, 11) is 0. The Kier molecular flexibility index (Phi) is 5.23. The fraction of sp³-hybridized carbons (Fsp3) is 0.606. The van der Waals surface area contributed by atoms with Gasteiger partial charge in [0.1, 0.15) is 11.2 Å². The van der Waals surface area contributed by atoms with Gasteiger partial charge in [-0.1, -0.05) is 45.0 Å². The number of ketones is 1. The first-order valence-corrected chi connectivity index (χ1v) is 14.7. The number of rotatable bonds is 5. The summed E-state index contributed by atoms with van der Waals surface area (Å²) in [4.78, 5) is 13.5. The zero-order valence-corrected chi connectivity index (χ0v) is 23.9. The molecule has 3 heterocycles. The minimum atomic E-state index is -1.46. The highest BCUT2D eigenvalue weighted by Gasteiger charge is 2.78. The van der Waals surface area contributed by atoms with Crippen LogP contribution in [0.4, 0.5) is 0 Å². The van der Waals surface area contributed by atoms with Crippen molar-refractivity contribution in [3.05, 3.63) is 59.8 Å². The van der Waals surface area contributed by atoms with Crippen molar-refractivity contribution in [2.75, 3.05) is 6.61 Å². The maximum atomic E-state index is 13.5. The van der Waals surface area contributed by atoms with Crippen LogP contribution in [0, 0.1) is 11.3 Å².